The molecule has 2 fully saturated rings. The van der Waals surface area contributed by atoms with Gasteiger partial charge in [-0.15, -0.1) is 0 Å². The molecular weight excluding hydrogens is 324 g/mol. The molecule has 2 heterocycles. The highest BCUT2D eigenvalue weighted by molar-refractivity contribution is 7.92. The van der Waals surface area contributed by atoms with E-state index in [-0.39, 0.29) is 5.91 Å². The van der Waals surface area contributed by atoms with Gasteiger partial charge in [0.05, 0.1) is 0 Å². The number of piperidine rings is 2. The number of likely N-dealkylation sites (tertiary alicyclic amines) is 1. The number of hydrogen-bond acceptors (Lipinski definition) is 4. The molecule has 0 saturated carbocycles. The molecule has 132 valence electrons. The first kappa shape index (κ1) is 17.4. The summed E-state index contributed by atoms with van der Waals surface area (Å²) in [5.74, 6) is 0.274. The molecule has 5 nitrogen and oxygen atoms in total. The quantitative estimate of drug-likeness (QED) is 0.898. The van der Waals surface area contributed by atoms with Gasteiger partial charge < -0.3 is 10.2 Å². The summed E-state index contributed by atoms with van der Waals surface area (Å²) in [5.41, 5.74) is 1.31. The van der Waals surface area contributed by atoms with Gasteiger partial charge in [0, 0.05) is 19.3 Å². The molecule has 0 atom stereocenters. The van der Waals surface area contributed by atoms with Crippen molar-refractivity contribution in [3.05, 3.63) is 35.9 Å². The molecule has 1 N–H and O–H groups in total. The van der Waals surface area contributed by atoms with Crippen LogP contribution in [-0.4, -0.2) is 56.4 Å². The Labute approximate surface area is 144 Å². The number of hydrogen-bond donors (Lipinski definition) is 1. The Morgan fingerprint density at radius 2 is 1.71 bits per heavy atom. The lowest BCUT2D eigenvalue weighted by Crippen LogP contribution is -2.59. The van der Waals surface area contributed by atoms with Gasteiger partial charge in [-0.3, -0.25) is 4.79 Å². The fourth-order valence-electron chi connectivity index (χ4n) is 4.00. The average Bonchev–Trinajstić information content (AvgIpc) is 2.62. The zero-order chi connectivity index (χ0) is 17.2. The number of sulfone groups is 1. The number of benzene rings is 1. The van der Waals surface area contributed by atoms with Gasteiger partial charge in [-0.1, -0.05) is 30.3 Å². The predicted molar refractivity (Wildman–Crippen MR) is 94.7 cm³/mol. The largest absolute Gasteiger partial charge is 0.341 e. The van der Waals surface area contributed by atoms with Gasteiger partial charge in [-0.25, -0.2) is 8.42 Å². The third kappa shape index (κ3) is 3.22. The third-order valence-electron chi connectivity index (χ3n) is 5.56. The van der Waals surface area contributed by atoms with Crippen LogP contribution in [0.1, 0.15) is 37.2 Å². The van der Waals surface area contributed by atoms with Crippen molar-refractivity contribution >= 4 is 15.7 Å². The van der Waals surface area contributed by atoms with Gasteiger partial charge in [0.2, 0.25) is 5.91 Å². The van der Waals surface area contributed by atoms with Crippen LogP contribution in [0.5, 0.6) is 0 Å². The smallest absolute Gasteiger partial charge is 0.244 e. The van der Waals surface area contributed by atoms with Gasteiger partial charge in [-0.05, 0) is 50.3 Å². The maximum absolute atomic E-state index is 13.1. The van der Waals surface area contributed by atoms with Crippen molar-refractivity contribution in [2.75, 3.05) is 32.4 Å². The molecule has 3 rings (SSSR count). The number of carbonyl (C=O) groups is 1. The van der Waals surface area contributed by atoms with Gasteiger partial charge in [0.1, 0.15) is 0 Å². The van der Waals surface area contributed by atoms with Crippen LogP contribution >= 0.6 is 0 Å². The summed E-state index contributed by atoms with van der Waals surface area (Å²) in [6, 6.07) is 10.4. The monoisotopic (exact) mass is 350 g/mol. The second-order valence-corrected chi connectivity index (χ2v) is 9.32. The van der Waals surface area contributed by atoms with E-state index in [1.54, 1.807) is 4.90 Å². The fraction of sp³-hybridized carbons (Fsp3) is 0.611. The lowest BCUT2D eigenvalue weighted by atomic mass is 9.88. The van der Waals surface area contributed by atoms with E-state index in [1.807, 2.05) is 18.2 Å². The van der Waals surface area contributed by atoms with E-state index in [2.05, 4.69) is 17.4 Å². The number of nitrogens with one attached hydrogen (secondary N) is 1. The van der Waals surface area contributed by atoms with Crippen molar-refractivity contribution in [1.82, 2.24) is 10.2 Å². The van der Waals surface area contributed by atoms with Crippen molar-refractivity contribution < 1.29 is 13.2 Å². The lowest BCUT2D eigenvalue weighted by Gasteiger charge is -2.41. The van der Waals surface area contributed by atoms with Crippen molar-refractivity contribution in [3.63, 3.8) is 0 Å². The van der Waals surface area contributed by atoms with Crippen molar-refractivity contribution in [2.24, 2.45) is 0 Å². The first-order valence-corrected chi connectivity index (χ1v) is 10.6. The molecule has 0 bridgehead atoms. The predicted octanol–water partition coefficient (Wildman–Crippen LogP) is 1.56. The highest BCUT2D eigenvalue weighted by atomic mass is 32.2. The van der Waals surface area contributed by atoms with Crippen LogP contribution in [0.15, 0.2) is 30.3 Å². The molecule has 0 unspecified atom stereocenters. The van der Waals surface area contributed by atoms with E-state index >= 15 is 0 Å². The molecule has 0 aliphatic carbocycles. The third-order valence-corrected chi connectivity index (χ3v) is 7.57. The van der Waals surface area contributed by atoms with Crippen LogP contribution in [0, 0.1) is 0 Å². The summed E-state index contributed by atoms with van der Waals surface area (Å²) in [6.45, 7) is 2.45. The second kappa shape index (κ2) is 6.84. The zero-order valence-corrected chi connectivity index (χ0v) is 15.0. The summed E-state index contributed by atoms with van der Waals surface area (Å²) >= 11 is 0. The molecule has 0 aromatic heterocycles. The van der Waals surface area contributed by atoms with E-state index < -0.39 is 14.6 Å². The number of nitrogens with zero attached hydrogens (tertiary/aromatic N) is 1. The molecule has 2 saturated heterocycles. The first-order valence-electron chi connectivity index (χ1n) is 8.69. The molecule has 2 aliphatic heterocycles. The van der Waals surface area contributed by atoms with Crippen LogP contribution in [-0.2, 0) is 14.6 Å². The molecule has 6 heteroatoms. The van der Waals surface area contributed by atoms with E-state index in [1.165, 1.54) is 11.8 Å². The minimum absolute atomic E-state index is 0.182. The highest BCUT2D eigenvalue weighted by Crippen LogP contribution is 2.34. The van der Waals surface area contributed by atoms with E-state index in [4.69, 9.17) is 0 Å². The molecule has 0 radical (unpaired) electrons. The summed E-state index contributed by atoms with van der Waals surface area (Å²) in [5, 5.41) is 3.16. The molecule has 0 spiro atoms. The molecule has 2 aliphatic rings. The Bertz CT molecular complexity index is 673. The lowest BCUT2D eigenvalue weighted by molar-refractivity contribution is -0.135. The number of rotatable bonds is 3. The summed E-state index contributed by atoms with van der Waals surface area (Å²) in [6.07, 6.45) is 3.77. The van der Waals surface area contributed by atoms with Crippen LogP contribution in [0.2, 0.25) is 0 Å². The molecular formula is C18H26N2O3S. The van der Waals surface area contributed by atoms with Crippen molar-refractivity contribution in [3.8, 4) is 0 Å². The van der Waals surface area contributed by atoms with Gasteiger partial charge >= 0.3 is 0 Å². The Morgan fingerprint density at radius 3 is 2.25 bits per heavy atom. The minimum atomic E-state index is -3.43. The van der Waals surface area contributed by atoms with Crippen LogP contribution < -0.4 is 5.32 Å². The molecule has 1 aromatic rings. The minimum Gasteiger partial charge on any atom is -0.341 e. The van der Waals surface area contributed by atoms with E-state index in [0.717, 1.165) is 12.8 Å². The Balaban J connectivity index is 1.72. The van der Waals surface area contributed by atoms with Gasteiger partial charge in [0.25, 0.3) is 0 Å². The van der Waals surface area contributed by atoms with Crippen molar-refractivity contribution in [2.45, 2.75) is 36.3 Å². The van der Waals surface area contributed by atoms with Crippen LogP contribution in [0.25, 0.3) is 0 Å². The molecule has 24 heavy (non-hydrogen) atoms. The van der Waals surface area contributed by atoms with E-state index in [9.17, 15) is 13.2 Å². The van der Waals surface area contributed by atoms with E-state index in [0.29, 0.717) is 44.9 Å². The second-order valence-electron chi connectivity index (χ2n) is 6.99. The summed E-state index contributed by atoms with van der Waals surface area (Å²) in [4.78, 5) is 14.9. The standard InChI is InChI=1S/C18H26N2O3S/c1-24(22,23)18(9-11-19-12-10-18)17(21)20-13-7-16(8-14-20)15-5-3-2-4-6-15/h2-6,16,19H,7-14H2,1H3. The zero-order valence-electron chi connectivity index (χ0n) is 14.2. The van der Waals surface area contributed by atoms with Gasteiger partial charge in [-0.2, -0.15) is 0 Å². The van der Waals surface area contributed by atoms with Crippen LogP contribution in [0.3, 0.4) is 0 Å². The summed E-state index contributed by atoms with van der Waals surface area (Å²) in [7, 11) is -3.43. The Hall–Kier alpha value is -1.40. The highest BCUT2D eigenvalue weighted by Gasteiger charge is 2.50. The maximum Gasteiger partial charge on any atom is 0.244 e. The normalized spacial score (nSPS) is 22.3. The topological polar surface area (TPSA) is 66.5 Å². The summed E-state index contributed by atoms with van der Waals surface area (Å²) < 4.78 is 23.6. The SMILES string of the molecule is CS(=O)(=O)C1(C(=O)N2CCC(c3ccccc3)CC2)CCNCC1. The Kier molecular flexibility index (Phi) is 4.97. The molecule has 1 amide bonds. The first-order chi connectivity index (χ1) is 11.4. The fourth-order valence-corrected chi connectivity index (χ4v) is 5.40. The average molecular weight is 350 g/mol. The molecule has 1 aromatic carbocycles. The Morgan fingerprint density at radius 1 is 1.12 bits per heavy atom. The number of carbonyl (C=O) groups excluding carboxylic acids is 1. The number of amides is 1. The van der Waals surface area contributed by atoms with Crippen LogP contribution in [0.4, 0.5) is 0 Å². The maximum atomic E-state index is 13.1. The van der Waals surface area contributed by atoms with Crippen molar-refractivity contribution in [1.29, 1.82) is 0 Å². The van der Waals surface area contributed by atoms with Gasteiger partial charge in [0.15, 0.2) is 14.6 Å².